The number of nitrogens with zero attached hydrogens (tertiary/aromatic N) is 8. The second-order valence-corrected chi connectivity index (χ2v) is 17.9. The van der Waals surface area contributed by atoms with Gasteiger partial charge < -0.3 is 34.8 Å². The summed E-state index contributed by atoms with van der Waals surface area (Å²) in [5.41, 5.74) is 5.41. The van der Waals surface area contributed by atoms with Crippen LogP contribution >= 0.6 is 0 Å². The van der Waals surface area contributed by atoms with Gasteiger partial charge in [0.1, 0.15) is 29.2 Å². The van der Waals surface area contributed by atoms with Crippen LogP contribution in [0.4, 0.5) is 23.1 Å². The number of rotatable bonds is 15. The van der Waals surface area contributed by atoms with Crippen molar-refractivity contribution in [3.05, 3.63) is 65.5 Å². The van der Waals surface area contributed by atoms with Crippen LogP contribution in [0.5, 0.6) is 5.75 Å². The molecule has 2 saturated carbocycles. The van der Waals surface area contributed by atoms with Crippen LogP contribution in [0.2, 0.25) is 0 Å². The van der Waals surface area contributed by atoms with Crippen molar-refractivity contribution in [3.8, 4) is 28.8 Å². The number of ether oxygens (including phenoxy) is 2. The Labute approximate surface area is 385 Å². The first-order chi connectivity index (χ1) is 32.2. The number of aromatic nitrogens is 5. The Morgan fingerprint density at radius 1 is 0.955 bits per heavy atom. The van der Waals surface area contributed by atoms with Crippen LogP contribution in [-0.4, -0.2) is 112 Å². The van der Waals surface area contributed by atoms with E-state index in [9.17, 15) is 19.2 Å². The van der Waals surface area contributed by atoms with Gasteiger partial charge in [0.05, 0.1) is 37.8 Å². The topological polar surface area (TPSA) is 189 Å². The number of amides is 4. The molecule has 2 aromatic heterocycles. The molecule has 5 heterocycles. The largest absolute Gasteiger partial charge is 0.495 e. The third-order valence-electron chi connectivity index (χ3n) is 13.8. The highest BCUT2D eigenvalue weighted by molar-refractivity contribution is 6.06. The van der Waals surface area contributed by atoms with Gasteiger partial charge in [-0.2, -0.15) is 4.98 Å². The number of likely N-dealkylation sites (N-methyl/N-ethyl adjacent to an activating group) is 1. The lowest BCUT2D eigenvalue weighted by Gasteiger charge is -2.43. The number of methoxy groups -OCH3 is 1. The molecule has 346 valence electrons. The molecule has 9 rings (SSSR count). The van der Waals surface area contributed by atoms with Gasteiger partial charge in [-0.3, -0.25) is 24.5 Å². The molecule has 2 aliphatic carbocycles. The zero-order chi connectivity index (χ0) is 45.7. The minimum atomic E-state index is -0.624. The van der Waals surface area contributed by atoms with Gasteiger partial charge in [-0.05, 0) is 93.7 Å². The molecule has 1 saturated heterocycles. The SMILES string of the molecule is CC[C@@H]1C(=O)N(C)c2cnc(Nc3ccc(-c4cn([C@H]5CC[C@@H](NCCOCCCC#Cc6ccc7c(c6)CN(C6CCC(=O)NC6=O)C7=O)CC5)nn4)cc3OC)nc2N1C1CCCC1. The first kappa shape index (κ1) is 44.8. The van der Waals surface area contributed by atoms with Gasteiger partial charge in [-0.1, -0.05) is 42.9 Å². The van der Waals surface area contributed by atoms with Gasteiger partial charge in [0.25, 0.3) is 5.91 Å². The number of benzene rings is 2. The van der Waals surface area contributed by atoms with Crippen molar-refractivity contribution in [1.82, 2.24) is 40.5 Å². The van der Waals surface area contributed by atoms with E-state index in [2.05, 4.69) is 54.9 Å². The molecule has 3 aliphatic heterocycles. The summed E-state index contributed by atoms with van der Waals surface area (Å²) in [6.45, 7) is 4.47. The number of anilines is 4. The molecule has 1 unspecified atom stereocenters. The van der Waals surface area contributed by atoms with Crippen LogP contribution in [0.1, 0.15) is 118 Å². The number of hydrogen-bond donors (Lipinski definition) is 3. The highest BCUT2D eigenvalue weighted by Crippen LogP contribution is 2.41. The van der Waals surface area contributed by atoms with E-state index in [1.807, 2.05) is 48.3 Å². The summed E-state index contributed by atoms with van der Waals surface area (Å²) in [6.07, 6.45) is 15.1. The van der Waals surface area contributed by atoms with Gasteiger partial charge >= 0.3 is 0 Å². The maximum Gasteiger partial charge on any atom is 0.255 e. The molecule has 5 aliphatic rings. The Kier molecular flexibility index (Phi) is 13.6. The number of unbranched alkanes of at least 4 members (excludes halogenated alkanes) is 1. The minimum absolute atomic E-state index is 0.0892. The predicted octanol–water partition coefficient (Wildman–Crippen LogP) is 5.67. The van der Waals surface area contributed by atoms with E-state index < -0.39 is 11.9 Å². The molecule has 4 amide bonds. The van der Waals surface area contributed by atoms with E-state index in [4.69, 9.17) is 14.5 Å². The van der Waals surface area contributed by atoms with Crippen molar-refractivity contribution < 1.29 is 28.7 Å². The van der Waals surface area contributed by atoms with E-state index in [0.717, 1.165) is 104 Å². The molecule has 66 heavy (non-hydrogen) atoms. The number of piperidine rings is 1. The Balaban J connectivity index is 0.698. The van der Waals surface area contributed by atoms with Crippen molar-refractivity contribution in [3.63, 3.8) is 0 Å². The van der Waals surface area contributed by atoms with Crippen LogP contribution in [0.25, 0.3) is 11.3 Å². The van der Waals surface area contributed by atoms with Crippen LogP contribution in [-0.2, 0) is 25.7 Å². The monoisotopic (exact) mass is 897 g/mol. The summed E-state index contributed by atoms with van der Waals surface area (Å²) in [7, 11) is 3.45. The third-order valence-corrected chi connectivity index (χ3v) is 13.8. The van der Waals surface area contributed by atoms with Crippen molar-refractivity contribution >= 4 is 46.8 Å². The first-order valence-electron chi connectivity index (χ1n) is 23.6. The van der Waals surface area contributed by atoms with Gasteiger partial charge in [0, 0.05) is 68.4 Å². The smallest absolute Gasteiger partial charge is 0.255 e. The number of fused-ring (bicyclic) bond motifs is 2. The van der Waals surface area contributed by atoms with Crippen LogP contribution in [0, 0.1) is 11.8 Å². The van der Waals surface area contributed by atoms with Gasteiger partial charge in [0.2, 0.25) is 23.7 Å². The second-order valence-electron chi connectivity index (χ2n) is 17.9. The molecule has 0 spiro atoms. The summed E-state index contributed by atoms with van der Waals surface area (Å²) in [5.74, 6) is 7.50. The molecule has 3 N–H and O–H groups in total. The van der Waals surface area contributed by atoms with Crippen molar-refractivity contribution in [2.24, 2.45) is 0 Å². The highest BCUT2D eigenvalue weighted by Gasteiger charge is 2.42. The molecule has 2 aromatic carbocycles. The van der Waals surface area contributed by atoms with Gasteiger partial charge in [-0.25, -0.2) is 9.67 Å². The van der Waals surface area contributed by atoms with Crippen LogP contribution < -0.4 is 30.5 Å². The number of nitrogens with one attached hydrogen (secondary N) is 3. The quantitative estimate of drug-likeness (QED) is 0.0753. The van der Waals surface area contributed by atoms with Gasteiger partial charge in [-0.15, -0.1) is 5.10 Å². The number of carbonyl (C=O) groups is 4. The van der Waals surface area contributed by atoms with E-state index in [1.54, 1.807) is 29.2 Å². The molecular weight excluding hydrogens is 839 g/mol. The summed E-state index contributed by atoms with van der Waals surface area (Å²) in [6, 6.07) is 11.6. The fraction of sp³-hybridized carbons (Fsp3) is 0.510. The standard InChI is InChI=1S/C49H59N11O6/c1-4-40-48(64)57(2)42-28-51-49(54-45(42)60(40)36-11-7-8-12-36)52-38-20-14-32(27-43(38)65-3)39-30-59(56-55-39)35-17-15-34(16-18-35)50-23-25-66-24-9-5-6-10-31-13-19-37-33(26-31)29-58(47(37)63)41-21-22-44(61)53-46(41)62/h13-14,19-20,26-28,30,34-36,40-41,50H,4-5,7-9,11-12,15-18,21-25,29H2,1-3H3,(H,51,52,54)(H,53,61,62)/t34-,35+,40-,41?/m1/s1. The fourth-order valence-electron chi connectivity index (χ4n) is 10.2. The molecule has 17 nitrogen and oxygen atoms in total. The minimum Gasteiger partial charge on any atom is -0.495 e. The number of carbonyl (C=O) groups excluding carboxylic acids is 4. The number of hydrogen-bond acceptors (Lipinski definition) is 13. The average Bonchev–Trinajstić information content (AvgIpc) is 4.12. The second kappa shape index (κ2) is 20.0. The lowest BCUT2D eigenvalue weighted by molar-refractivity contribution is -0.137. The molecule has 0 radical (unpaired) electrons. The van der Waals surface area contributed by atoms with Crippen molar-refractivity contribution in [2.75, 3.05) is 49.0 Å². The lowest BCUT2D eigenvalue weighted by atomic mass is 9.91. The van der Waals surface area contributed by atoms with Gasteiger partial charge in [0.15, 0.2) is 5.82 Å². The van der Waals surface area contributed by atoms with E-state index >= 15 is 0 Å². The normalized spacial score (nSPS) is 22.0. The molecule has 2 atom stereocenters. The Morgan fingerprint density at radius 2 is 1.79 bits per heavy atom. The number of imide groups is 1. The maximum atomic E-state index is 13.3. The maximum absolute atomic E-state index is 13.3. The Bertz CT molecular complexity index is 2520. The zero-order valence-corrected chi connectivity index (χ0v) is 38.1. The molecule has 3 fully saturated rings. The van der Waals surface area contributed by atoms with Crippen molar-refractivity contribution in [1.29, 1.82) is 0 Å². The molecule has 0 bridgehead atoms. The first-order valence-corrected chi connectivity index (χ1v) is 23.6. The zero-order valence-electron chi connectivity index (χ0n) is 38.1. The van der Waals surface area contributed by atoms with Crippen LogP contribution in [0.3, 0.4) is 0 Å². The van der Waals surface area contributed by atoms with E-state index in [0.29, 0.717) is 62.3 Å². The summed E-state index contributed by atoms with van der Waals surface area (Å²) < 4.78 is 13.7. The Morgan fingerprint density at radius 3 is 2.58 bits per heavy atom. The summed E-state index contributed by atoms with van der Waals surface area (Å²) in [5, 5.41) is 18.5. The highest BCUT2D eigenvalue weighted by atomic mass is 16.5. The lowest BCUT2D eigenvalue weighted by Crippen LogP contribution is -2.55. The third kappa shape index (κ3) is 9.48. The molecule has 17 heteroatoms. The van der Waals surface area contributed by atoms with Crippen LogP contribution in [0.15, 0.2) is 48.8 Å². The molecular formula is C49H59N11O6. The Hall–Kier alpha value is -6.38. The predicted molar refractivity (Wildman–Crippen MR) is 248 cm³/mol. The molecule has 4 aromatic rings. The van der Waals surface area contributed by atoms with E-state index in [1.165, 1.54) is 0 Å². The summed E-state index contributed by atoms with van der Waals surface area (Å²) in [4.78, 5) is 65.3. The fourth-order valence-corrected chi connectivity index (χ4v) is 10.2. The van der Waals surface area contributed by atoms with Crippen molar-refractivity contribution in [2.45, 2.75) is 127 Å². The summed E-state index contributed by atoms with van der Waals surface area (Å²) >= 11 is 0. The average molecular weight is 898 g/mol. The van der Waals surface area contributed by atoms with E-state index in [-0.39, 0.29) is 42.3 Å².